The second kappa shape index (κ2) is 14.0. The number of sulfonamides is 1. The first-order chi connectivity index (χ1) is 19.0. The van der Waals surface area contributed by atoms with Gasteiger partial charge < -0.3 is 15.0 Å². The molecule has 0 aliphatic rings. The highest BCUT2D eigenvalue weighted by Crippen LogP contribution is 2.30. The zero-order valence-corrected chi connectivity index (χ0v) is 24.6. The van der Waals surface area contributed by atoms with Crippen LogP contribution in [0.3, 0.4) is 0 Å². The first-order valence-electron chi connectivity index (χ1n) is 13.3. The van der Waals surface area contributed by atoms with Gasteiger partial charge in [0.2, 0.25) is 21.8 Å². The molecule has 0 unspecified atom stereocenters. The summed E-state index contributed by atoms with van der Waals surface area (Å²) in [4.78, 5) is 29.3. The van der Waals surface area contributed by atoms with Gasteiger partial charge in [-0.3, -0.25) is 13.9 Å². The Morgan fingerprint density at radius 1 is 0.925 bits per heavy atom. The van der Waals surface area contributed by atoms with E-state index >= 15 is 0 Å². The number of para-hydroxylation sites is 2. The van der Waals surface area contributed by atoms with Gasteiger partial charge in [0, 0.05) is 19.5 Å². The van der Waals surface area contributed by atoms with Crippen molar-refractivity contribution >= 4 is 27.5 Å². The lowest BCUT2D eigenvalue weighted by Gasteiger charge is -2.34. The number of hydrogen-bond donors (Lipinski definition) is 1. The minimum atomic E-state index is -3.88. The van der Waals surface area contributed by atoms with Gasteiger partial charge in [-0.1, -0.05) is 80.6 Å². The zero-order chi connectivity index (χ0) is 29.3. The fourth-order valence-electron chi connectivity index (χ4n) is 4.38. The molecule has 9 heteroatoms. The minimum absolute atomic E-state index is 0.141. The van der Waals surface area contributed by atoms with Crippen LogP contribution in [0.15, 0.2) is 78.9 Å². The summed E-state index contributed by atoms with van der Waals surface area (Å²) < 4.78 is 32.4. The normalized spacial score (nSPS) is 12.1. The predicted octanol–water partition coefficient (Wildman–Crippen LogP) is 4.18. The largest absolute Gasteiger partial charge is 0.495 e. The van der Waals surface area contributed by atoms with Crippen LogP contribution in [0.25, 0.3) is 0 Å². The van der Waals surface area contributed by atoms with Crippen LogP contribution >= 0.6 is 0 Å². The van der Waals surface area contributed by atoms with E-state index in [0.717, 1.165) is 27.3 Å². The molecule has 40 heavy (non-hydrogen) atoms. The maximum Gasteiger partial charge on any atom is 0.244 e. The van der Waals surface area contributed by atoms with Crippen molar-refractivity contribution in [2.75, 3.05) is 30.8 Å². The molecule has 0 heterocycles. The summed E-state index contributed by atoms with van der Waals surface area (Å²) in [6.07, 6.45) is 1.32. The maximum absolute atomic E-state index is 14.2. The molecule has 0 aromatic heterocycles. The predicted molar refractivity (Wildman–Crippen MR) is 159 cm³/mol. The first-order valence-corrected chi connectivity index (χ1v) is 15.1. The number of carbonyl (C=O) groups excluding carboxylic acids is 2. The summed E-state index contributed by atoms with van der Waals surface area (Å²) >= 11 is 0. The Balaban J connectivity index is 2.08. The van der Waals surface area contributed by atoms with E-state index in [1.165, 1.54) is 12.0 Å². The molecule has 3 aromatic carbocycles. The van der Waals surface area contributed by atoms with Crippen LogP contribution in [0.5, 0.6) is 5.75 Å². The van der Waals surface area contributed by atoms with Crippen molar-refractivity contribution in [1.82, 2.24) is 10.2 Å². The monoisotopic (exact) mass is 565 g/mol. The van der Waals surface area contributed by atoms with Crippen LogP contribution in [-0.4, -0.2) is 57.6 Å². The minimum Gasteiger partial charge on any atom is -0.495 e. The number of nitrogens with zero attached hydrogens (tertiary/aromatic N) is 2. The van der Waals surface area contributed by atoms with E-state index in [0.29, 0.717) is 12.3 Å². The smallest absolute Gasteiger partial charge is 0.244 e. The lowest BCUT2D eigenvalue weighted by Crippen LogP contribution is -2.53. The Morgan fingerprint density at radius 3 is 2.17 bits per heavy atom. The van der Waals surface area contributed by atoms with Gasteiger partial charge in [-0.15, -0.1) is 0 Å². The molecule has 0 bridgehead atoms. The summed E-state index contributed by atoms with van der Waals surface area (Å²) in [7, 11) is -2.44. The van der Waals surface area contributed by atoms with E-state index in [1.807, 2.05) is 75.4 Å². The average molecular weight is 566 g/mol. The van der Waals surface area contributed by atoms with Crippen molar-refractivity contribution in [2.24, 2.45) is 5.92 Å². The van der Waals surface area contributed by atoms with Crippen LogP contribution in [0.4, 0.5) is 5.69 Å². The molecule has 0 radical (unpaired) electrons. The third kappa shape index (κ3) is 8.32. The van der Waals surface area contributed by atoms with Gasteiger partial charge in [0.15, 0.2) is 0 Å². The van der Waals surface area contributed by atoms with Crippen molar-refractivity contribution < 1.29 is 22.7 Å². The van der Waals surface area contributed by atoms with Crippen molar-refractivity contribution in [3.8, 4) is 5.75 Å². The molecule has 3 aromatic rings. The molecule has 2 amide bonds. The Kier molecular flexibility index (Phi) is 10.7. The van der Waals surface area contributed by atoms with Crippen LogP contribution < -0.4 is 14.4 Å². The summed E-state index contributed by atoms with van der Waals surface area (Å²) in [5.41, 5.74) is 2.97. The van der Waals surface area contributed by atoms with Crippen molar-refractivity contribution in [3.05, 3.63) is 95.6 Å². The lowest BCUT2D eigenvalue weighted by molar-refractivity contribution is -0.140. The van der Waals surface area contributed by atoms with Crippen molar-refractivity contribution in [3.63, 3.8) is 0 Å². The van der Waals surface area contributed by atoms with Crippen LogP contribution in [-0.2, 0) is 32.6 Å². The number of nitrogens with one attached hydrogen (secondary N) is 1. The molecular weight excluding hydrogens is 526 g/mol. The Labute approximate surface area is 238 Å². The van der Waals surface area contributed by atoms with Crippen LogP contribution in [0.1, 0.15) is 30.5 Å². The molecule has 3 rings (SSSR count). The van der Waals surface area contributed by atoms with Gasteiger partial charge in [0.25, 0.3) is 0 Å². The van der Waals surface area contributed by atoms with E-state index in [2.05, 4.69) is 5.32 Å². The highest BCUT2D eigenvalue weighted by Gasteiger charge is 2.33. The number of anilines is 1. The van der Waals surface area contributed by atoms with E-state index in [-0.39, 0.29) is 30.5 Å². The molecule has 0 aliphatic carbocycles. The Hall–Kier alpha value is -3.85. The first kappa shape index (κ1) is 30.7. The Bertz CT molecular complexity index is 1390. The van der Waals surface area contributed by atoms with Crippen molar-refractivity contribution in [1.29, 1.82) is 0 Å². The zero-order valence-electron chi connectivity index (χ0n) is 23.8. The molecule has 0 aliphatic heterocycles. The maximum atomic E-state index is 14.2. The van der Waals surface area contributed by atoms with Gasteiger partial charge in [-0.25, -0.2) is 8.42 Å². The van der Waals surface area contributed by atoms with Gasteiger partial charge in [0.05, 0.1) is 19.1 Å². The number of rotatable bonds is 13. The quantitative estimate of drug-likeness (QED) is 0.336. The van der Waals surface area contributed by atoms with Crippen LogP contribution in [0.2, 0.25) is 0 Å². The highest BCUT2D eigenvalue weighted by molar-refractivity contribution is 7.92. The number of amides is 2. The number of carbonyl (C=O) groups is 2. The summed E-state index contributed by atoms with van der Waals surface area (Å²) in [5.74, 6) is -0.252. The molecule has 0 saturated heterocycles. The molecular formula is C31H39N3O5S. The summed E-state index contributed by atoms with van der Waals surface area (Å²) in [5, 5.41) is 2.99. The number of methoxy groups -OCH3 is 1. The lowest BCUT2D eigenvalue weighted by atomic mass is 10.0. The van der Waals surface area contributed by atoms with Gasteiger partial charge in [0.1, 0.15) is 18.3 Å². The topological polar surface area (TPSA) is 96.0 Å². The van der Waals surface area contributed by atoms with Crippen molar-refractivity contribution in [2.45, 2.75) is 39.8 Å². The molecule has 8 nitrogen and oxygen atoms in total. The van der Waals surface area contributed by atoms with E-state index in [1.54, 1.807) is 24.3 Å². The average Bonchev–Trinajstić information content (AvgIpc) is 2.93. The second-order valence-electron chi connectivity index (χ2n) is 10.2. The molecule has 214 valence electrons. The molecule has 0 fully saturated rings. The Morgan fingerprint density at radius 2 is 1.55 bits per heavy atom. The third-order valence-corrected chi connectivity index (χ3v) is 7.72. The van der Waals surface area contributed by atoms with E-state index in [9.17, 15) is 18.0 Å². The number of ether oxygens (including phenoxy) is 1. The van der Waals surface area contributed by atoms with Gasteiger partial charge in [-0.2, -0.15) is 0 Å². The molecule has 1 atom stereocenters. The summed E-state index contributed by atoms with van der Waals surface area (Å²) in [6, 6.07) is 22.9. The number of benzene rings is 3. The fourth-order valence-corrected chi connectivity index (χ4v) is 5.23. The third-order valence-electron chi connectivity index (χ3n) is 6.59. The van der Waals surface area contributed by atoms with E-state index < -0.39 is 28.5 Å². The number of aryl methyl sites for hydroxylation is 1. The highest BCUT2D eigenvalue weighted by atomic mass is 32.2. The summed E-state index contributed by atoms with van der Waals surface area (Å²) in [6.45, 7) is 6.04. The molecule has 0 spiro atoms. The molecule has 0 saturated carbocycles. The standard InChI is InChI=1S/C31H39N3O5S/c1-23(2)20-32-31(36)28(19-25-14-7-6-8-15-25)33(21-26-16-10-9-13-24(26)3)30(35)22-34(40(5,37)38)27-17-11-12-18-29(27)39-4/h6-18,23,28H,19-22H2,1-5H3,(H,32,36)/t28-/m0/s1. The van der Waals surface area contributed by atoms with Gasteiger partial charge in [-0.05, 0) is 41.7 Å². The van der Waals surface area contributed by atoms with Gasteiger partial charge >= 0.3 is 0 Å². The second-order valence-corrected chi connectivity index (χ2v) is 12.1. The molecule has 1 N–H and O–H groups in total. The number of hydrogen-bond acceptors (Lipinski definition) is 5. The van der Waals surface area contributed by atoms with E-state index in [4.69, 9.17) is 4.74 Å². The van der Waals surface area contributed by atoms with Crippen LogP contribution in [0, 0.1) is 12.8 Å². The SMILES string of the molecule is COc1ccccc1N(CC(=O)N(Cc1ccccc1C)[C@@H](Cc1ccccc1)C(=O)NCC(C)C)S(C)(=O)=O. The fraction of sp³-hybridized carbons (Fsp3) is 0.355.